The van der Waals surface area contributed by atoms with Gasteiger partial charge in [0, 0.05) is 37.6 Å². The fourth-order valence-electron chi connectivity index (χ4n) is 3.16. The Morgan fingerprint density at radius 2 is 2.20 bits per heavy atom. The molecule has 1 unspecified atom stereocenters. The van der Waals surface area contributed by atoms with Crippen molar-refractivity contribution in [3.8, 4) is 11.5 Å². The van der Waals surface area contributed by atoms with Gasteiger partial charge in [0.2, 0.25) is 5.91 Å². The Kier molecular flexibility index (Phi) is 5.50. The topological polar surface area (TPSA) is 63.7 Å². The molecule has 0 bridgehead atoms. The maximum atomic E-state index is 13.0. The van der Waals surface area contributed by atoms with Crippen LogP contribution in [0.25, 0.3) is 0 Å². The van der Waals surface area contributed by atoms with Gasteiger partial charge in [-0.15, -0.1) is 0 Å². The van der Waals surface area contributed by atoms with Gasteiger partial charge in [-0.3, -0.25) is 9.78 Å². The number of methoxy groups -OCH3 is 2. The molecule has 0 radical (unpaired) electrons. The fraction of sp³-hybridized carbons (Fsp3) is 0.368. The number of ether oxygens (including phenoxy) is 2. The van der Waals surface area contributed by atoms with Crippen LogP contribution in [-0.2, 0) is 11.2 Å². The fourth-order valence-corrected chi connectivity index (χ4v) is 3.16. The van der Waals surface area contributed by atoms with Crippen molar-refractivity contribution < 1.29 is 14.3 Å². The molecule has 1 atom stereocenters. The number of piperazine rings is 1. The van der Waals surface area contributed by atoms with Gasteiger partial charge in [-0.05, 0) is 29.8 Å². The van der Waals surface area contributed by atoms with E-state index in [9.17, 15) is 4.79 Å². The number of carbonyl (C=O) groups is 1. The van der Waals surface area contributed by atoms with Gasteiger partial charge in [0.05, 0.1) is 26.7 Å². The lowest BCUT2D eigenvalue weighted by atomic mass is 10.0. The summed E-state index contributed by atoms with van der Waals surface area (Å²) in [6.45, 7) is 2.19. The molecular formula is C19H23N3O3. The molecule has 6 heteroatoms. The van der Waals surface area contributed by atoms with Crippen LogP contribution in [0.4, 0.5) is 0 Å². The first-order valence-electron chi connectivity index (χ1n) is 8.34. The van der Waals surface area contributed by atoms with E-state index in [-0.39, 0.29) is 18.4 Å². The Labute approximate surface area is 147 Å². The quantitative estimate of drug-likeness (QED) is 0.899. The van der Waals surface area contributed by atoms with E-state index in [1.165, 1.54) is 0 Å². The number of hydrogen-bond donors (Lipinski definition) is 1. The Balaban J connectivity index is 1.82. The number of nitrogens with one attached hydrogen (secondary N) is 1. The molecule has 1 aromatic heterocycles. The molecule has 1 aromatic carbocycles. The van der Waals surface area contributed by atoms with E-state index in [2.05, 4.69) is 10.3 Å². The summed E-state index contributed by atoms with van der Waals surface area (Å²) < 4.78 is 10.7. The van der Waals surface area contributed by atoms with Crippen LogP contribution in [0.2, 0.25) is 0 Å². The summed E-state index contributed by atoms with van der Waals surface area (Å²) in [6, 6.07) is 9.42. The lowest BCUT2D eigenvalue weighted by molar-refractivity contribution is -0.133. The molecule has 1 saturated heterocycles. The van der Waals surface area contributed by atoms with Crippen molar-refractivity contribution in [3.63, 3.8) is 0 Å². The van der Waals surface area contributed by atoms with E-state index in [1.807, 2.05) is 41.4 Å². The maximum Gasteiger partial charge on any atom is 0.227 e. The minimum Gasteiger partial charge on any atom is -0.497 e. The second-order valence-corrected chi connectivity index (χ2v) is 5.95. The minimum atomic E-state index is -0.00782. The predicted octanol–water partition coefficient (Wildman–Crippen LogP) is 1.81. The van der Waals surface area contributed by atoms with E-state index in [0.717, 1.165) is 24.2 Å². The Bertz CT molecular complexity index is 721. The average molecular weight is 341 g/mol. The highest BCUT2D eigenvalue weighted by Gasteiger charge is 2.28. The van der Waals surface area contributed by atoms with Crippen LogP contribution in [0.5, 0.6) is 11.5 Å². The monoisotopic (exact) mass is 341 g/mol. The van der Waals surface area contributed by atoms with Crippen molar-refractivity contribution >= 4 is 5.91 Å². The number of pyridine rings is 1. The third-order valence-electron chi connectivity index (χ3n) is 4.46. The van der Waals surface area contributed by atoms with Crippen LogP contribution in [0.3, 0.4) is 0 Å². The first-order chi connectivity index (χ1) is 12.2. The van der Waals surface area contributed by atoms with E-state index < -0.39 is 0 Å². The molecule has 2 heterocycles. The maximum absolute atomic E-state index is 13.0. The molecule has 1 fully saturated rings. The van der Waals surface area contributed by atoms with Crippen molar-refractivity contribution in [2.45, 2.75) is 12.5 Å². The van der Waals surface area contributed by atoms with Crippen LogP contribution in [0.1, 0.15) is 17.2 Å². The van der Waals surface area contributed by atoms with Crippen molar-refractivity contribution in [2.24, 2.45) is 0 Å². The first-order valence-corrected chi connectivity index (χ1v) is 8.34. The third kappa shape index (κ3) is 3.91. The molecule has 0 spiro atoms. The summed E-state index contributed by atoms with van der Waals surface area (Å²) in [5.41, 5.74) is 1.87. The lowest BCUT2D eigenvalue weighted by Crippen LogP contribution is -2.49. The van der Waals surface area contributed by atoms with Gasteiger partial charge in [-0.1, -0.05) is 6.07 Å². The van der Waals surface area contributed by atoms with E-state index in [1.54, 1.807) is 20.4 Å². The number of aromatic nitrogens is 1. The normalized spacial score (nSPS) is 17.2. The molecule has 3 rings (SSSR count). The standard InChI is InChI=1S/C19H23N3O3/c1-24-16-5-6-18(25-2)15(10-16)11-19(23)22-9-8-21-13-17(22)14-4-3-7-20-12-14/h3-7,10,12,17,21H,8-9,11,13H2,1-2H3. The zero-order valence-electron chi connectivity index (χ0n) is 14.6. The molecular weight excluding hydrogens is 318 g/mol. The summed E-state index contributed by atoms with van der Waals surface area (Å²) in [4.78, 5) is 19.1. The second kappa shape index (κ2) is 7.98. The van der Waals surface area contributed by atoms with E-state index >= 15 is 0 Å². The Morgan fingerprint density at radius 1 is 1.32 bits per heavy atom. The van der Waals surface area contributed by atoms with Crippen molar-refractivity contribution in [2.75, 3.05) is 33.9 Å². The van der Waals surface area contributed by atoms with Crippen LogP contribution in [0, 0.1) is 0 Å². The van der Waals surface area contributed by atoms with Crippen LogP contribution >= 0.6 is 0 Å². The SMILES string of the molecule is COc1ccc(OC)c(CC(=O)N2CCNCC2c2cccnc2)c1. The first kappa shape index (κ1) is 17.2. The third-order valence-corrected chi connectivity index (χ3v) is 4.46. The molecule has 25 heavy (non-hydrogen) atoms. The smallest absolute Gasteiger partial charge is 0.227 e. The molecule has 1 aliphatic rings. The molecule has 1 N–H and O–H groups in total. The summed E-state index contributed by atoms with van der Waals surface area (Å²) in [5.74, 6) is 1.48. The number of carbonyl (C=O) groups excluding carboxylic acids is 1. The molecule has 6 nitrogen and oxygen atoms in total. The van der Waals surface area contributed by atoms with Gasteiger partial charge in [0.1, 0.15) is 11.5 Å². The highest BCUT2D eigenvalue weighted by molar-refractivity contribution is 5.80. The molecule has 1 aliphatic heterocycles. The number of amides is 1. The molecule has 0 aliphatic carbocycles. The van der Waals surface area contributed by atoms with Crippen molar-refractivity contribution in [3.05, 3.63) is 53.9 Å². The number of nitrogens with zero attached hydrogens (tertiary/aromatic N) is 2. The van der Waals surface area contributed by atoms with Gasteiger partial charge in [0.15, 0.2) is 0 Å². The number of hydrogen-bond acceptors (Lipinski definition) is 5. The largest absolute Gasteiger partial charge is 0.497 e. The van der Waals surface area contributed by atoms with Crippen molar-refractivity contribution in [1.29, 1.82) is 0 Å². The van der Waals surface area contributed by atoms with Crippen LogP contribution in [-0.4, -0.2) is 49.6 Å². The van der Waals surface area contributed by atoms with Gasteiger partial charge in [-0.2, -0.15) is 0 Å². The number of rotatable bonds is 5. The molecule has 0 saturated carbocycles. The van der Waals surface area contributed by atoms with Crippen molar-refractivity contribution in [1.82, 2.24) is 15.2 Å². The zero-order valence-corrected chi connectivity index (χ0v) is 14.6. The highest BCUT2D eigenvalue weighted by Crippen LogP contribution is 2.27. The minimum absolute atomic E-state index is 0.00782. The van der Waals surface area contributed by atoms with Crippen LogP contribution < -0.4 is 14.8 Å². The summed E-state index contributed by atoms with van der Waals surface area (Å²) in [5, 5.41) is 3.36. The lowest BCUT2D eigenvalue weighted by Gasteiger charge is -2.36. The van der Waals surface area contributed by atoms with Gasteiger partial charge in [0.25, 0.3) is 0 Å². The van der Waals surface area contributed by atoms with Gasteiger partial charge in [-0.25, -0.2) is 0 Å². The zero-order chi connectivity index (χ0) is 17.6. The summed E-state index contributed by atoms with van der Waals surface area (Å²) in [7, 11) is 3.22. The summed E-state index contributed by atoms with van der Waals surface area (Å²) >= 11 is 0. The predicted molar refractivity (Wildman–Crippen MR) is 94.8 cm³/mol. The van der Waals surface area contributed by atoms with Crippen LogP contribution in [0.15, 0.2) is 42.7 Å². The number of benzene rings is 1. The Morgan fingerprint density at radius 3 is 2.92 bits per heavy atom. The van der Waals surface area contributed by atoms with E-state index in [4.69, 9.17) is 9.47 Å². The van der Waals surface area contributed by atoms with E-state index in [0.29, 0.717) is 18.0 Å². The highest BCUT2D eigenvalue weighted by atomic mass is 16.5. The molecule has 2 aromatic rings. The van der Waals surface area contributed by atoms with Gasteiger partial charge >= 0.3 is 0 Å². The average Bonchev–Trinajstić information content (AvgIpc) is 2.68. The Hall–Kier alpha value is -2.60. The molecule has 132 valence electrons. The van der Waals surface area contributed by atoms with Gasteiger partial charge < -0.3 is 19.7 Å². The summed E-state index contributed by atoms with van der Waals surface area (Å²) in [6.07, 6.45) is 3.84. The second-order valence-electron chi connectivity index (χ2n) is 5.95. The molecule has 1 amide bonds.